The van der Waals surface area contributed by atoms with Gasteiger partial charge in [-0.15, -0.1) is 0 Å². The monoisotopic (exact) mass is 275 g/mol. The third-order valence-corrected chi connectivity index (χ3v) is 3.54. The Kier molecular flexibility index (Phi) is 2.90. The molecule has 0 unspecified atom stereocenters. The van der Waals surface area contributed by atoms with Crippen molar-refractivity contribution in [2.24, 2.45) is 0 Å². The van der Waals surface area contributed by atoms with Crippen molar-refractivity contribution in [3.05, 3.63) is 34.9 Å². The Hall–Kier alpha value is -2.41. The number of imide groups is 1. The van der Waals surface area contributed by atoms with Gasteiger partial charge in [0, 0.05) is 12.0 Å². The average molecular weight is 275 g/mol. The average Bonchev–Trinajstić information content (AvgIpc) is 2.76. The second-order valence-corrected chi connectivity index (χ2v) is 4.69. The van der Waals surface area contributed by atoms with E-state index in [-0.39, 0.29) is 37.9 Å². The lowest BCUT2D eigenvalue weighted by atomic mass is 10.0. The van der Waals surface area contributed by atoms with E-state index >= 15 is 0 Å². The van der Waals surface area contributed by atoms with Gasteiger partial charge in [0.2, 0.25) is 5.91 Å². The highest BCUT2D eigenvalue weighted by atomic mass is 16.3. The highest BCUT2D eigenvalue weighted by molar-refractivity contribution is 6.02. The van der Waals surface area contributed by atoms with Gasteiger partial charge in [-0.25, -0.2) is 14.8 Å². The minimum Gasteiger partial charge on any atom is -0.392 e. The van der Waals surface area contributed by atoms with Crippen molar-refractivity contribution in [3.63, 3.8) is 0 Å². The summed E-state index contributed by atoms with van der Waals surface area (Å²) < 4.78 is 0. The molecule has 1 saturated heterocycles. The van der Waals surface area contributed by atoms with Crippen LogP contribution in [0.25, 0.3) is 0 Å². The van der Waals surface area contributed by atoms with Crippen LogP contribution in [0.4, 0.5) is 4.79 Å². The van der Waals surface area contributed by atoms with Gasteiger partial charge in [0.25, 0.3) is 5.91 Å². The van der Waals surface area contributed by atoms with Crippen LogP contribution in [0, 0.1) is 0 Å². The van der Waals surface area contributed by atoms with Gasteiger partial charge in [-0.1, -0.05) is 12.1 Å². The molecule has 0 aliphatic carbocycles. The van der Waals surface area contributed by atoms with Crippen molar-refractivity contribution in [3.8, 4) is 0 Å². The zero-order valence-corrected chi connectivity index (χ0v) is 10.6. The van der Waals surface area contributed by atoms with Gasteiger partial charge in [-0.3, -0.25) is 14.9 Å². The number of fused-ring (bicyclic) bond motifs is 1. The van der Waals surface area contributed by atoms with Gasteiger partial charge in [-0.05, 0) is 17.2 Å². The highest BCUT2D eigenvalue weighted by Crippen LogP contribution is 2.28. The lowest BCUT2D eigenvalue weighted by molar-refractivity contribution is -0.123. The number of aliphatic hydroxyl groups is 1. The Balaban J connectivity index is 1.90. The first-order valence-corrected chi connectivity index (χ1v) is 6.26. The van der Waals surface area contributed by atoms with Gasteiger partial charge >= 0.3 is 6.03 Å². The van der Waals surface area contributed by atoms with Crippen LogP contribution >= 0.6 is 0 Å². The van der Waals surface area contributed by atoms with Gasteiger partial charge in [0.1, 0.15) is 0 Å². The summed E-state index contributed by atoms with van der Waals surface area (Å²) in [4.78, 5) is 35.3. The third-order valence-electron chi connectivity index (χ3n) is 3.54. The van der Waals surface area contributed by atoms with Crippen molar-refractivity contribution in [1.82, 2.24) is 15.3 Å². The van der Waals surface area contributed by atoms with Crippen LogP contribution in [0.15, 0.2) is 18.2 Å². The molecule has 3 rings (SSSR count). The molecule has 2 aliphatic heterocycles. The second kappa shape index (κ2) is 4.61. The lowest BCUT2D eigenvalue weighted by Gasteiger charge is -2.33. The first-order valence-electron chi connectivity index (χ1n) is 6.26. The van der Waals surface area contributed by atoms with Crippen LogP contribution in [0.2, 0.25) is 0 Å². The molecule has 1 aromatic rings. The molecule has 2 N–H and O–H groups in total. The largest absolute Gasteiger partial charge is 0.392 e. The zero-order chi connectivity index (χ0) is 14.3. The number of benzene rings is 1. The summed E-state index contributed by atoms with van der Waals surface area (Å²) in [6.45, 7) is 0.250. The molecule has 104 valence electrons. The first kappa shape index (κ1) is 12.6. The van der Waals surface area contributed by atoms with Crippen molar-refractivity contribution < 1.29 is 19.5 Å². The van der Waals surface area contributed by atoms with E-state index in [1.165, 1.54) is 10.0 Å². The van der Waals surface area contributed by atoms with Crippen LogP contribution in [0.5, 0.6) is 0 Å². The Bertz CT molecular complexity index is 614. The maximum Gasteiger partial charge on any atom is 0.342 e. The van der Waals surface area contributed by atoms with Crippen molar-refractivity contribution in [2.45, 2.75) is 19.6 Å². The number of nitrogens with one attached hydrogen (secondary N) is 1. The molecular formula is C13H13N3O4. The topological polar surface area (TPSA) is 90.0 Å². The predicted octanol–water partition coefficient (Wildman–Crippen LogP) is -0.00840. The number of urea groups is 1. The molecule has 0 atom stereocenters. The maximum absolute atomic E-state index is 12.3. The second-order valence-electron chi connectivity index (χ2n) is 4.69. The Morgan fingerprint density at radius 3 is 2.70 bits per heavy atom. The van der Waals surface area contributed by atoms with Crippen molar-refractivity contribution in [1.29, 1.82) is 0 Å². The number of hydrazine groups is 1. The Morgan fingerprint density at radius 1 is 1.20 bits per heavy atom. The van der Waals surface area contributed by atoms with Crippen LogP contribution in [0.3, 0.4) is 0 Å². The number of rotatable bonds is 2. The molecule has 0 radical (unpaired) electrons. The Labute approximate surface area is 114 Å². The van der Waals surface area contributed by atoms with E-state index in [4.69, 9.17) is 0 Å². The summed E-state index contributed by atoms with van der Waals surface area (Å²) in [6, 6.07) is 4.53. The minimum atomic E-state index is -0.590. The highest BCUT2D eigenvalue weighted by Gasteiger charge is 2.37. The lowest BCUT2D eigenvalue weighted by Crippen LogP contribution is -2.56. The standard InChI is InChI=1S/C13H13N3O4/c17-7-8-2-1-3-9-10(8)6-16(12(9)19)15-5-4-11(18)14-13(15)20/h1-3,17H,4-7H2,(H,14,18,20). The molecule has 1 fully saturated rings. The van der Waals surface area contributed by atoms with E-state index in [0.717, 1.165) is 5.56 Å². The first-order chi connectivity index (χ1) is 9.61. The van der Waals surface area contributed by atoms with Crippen molar-refractivity contribution >= 4 is 17.8 Å². The van der Waals surface area contributed by atoms with Crippen LogP contribution in [-0.2, 0) is 17.9 Å². The van der Waals surface area contributed by atoms with E-state index < -0.39 is 6.03 Å². The summed E-state index contributed by atoms with van der Waals surface area (Å²) in [7, 11) is 0. The fraction of sp³-hybridized carbons (Fsp3) is 0.308. The summed E-state index contributed by atoms with van der Waals surface area (Å²) in [6.07, 6.45) is 0.165. The number of aliphatic hydroxyl groups excluding tert-OH is 1. The molecule has 20 heavy (non-hydrogen) atoms. The molecule has 2 aliphatic rings. The van der Waals surface area contributed by atoms with Gasteiger partial charge in [0.15, 0.2) is 0 Å². The predicted molar refractivity (Wildman–Crippen MR) is 67.1 cm³/mol. The molecule has 7 heteroatoms. The van der Waals surface area contributed by atoms with Crippen LogP contribution in [0.1, 0.15) is 27.9 Å². The molecule has 4 amide bonds. The number of hydrogen-bond donors (Lipinski definition) is 2. The summed E-state index contributed by atoms with van der Waals surface area (Å²) in [5.41, 5.74) is 1.89. The molecule has 0 aromatic heterocycles. The molecule has 0 saturated carbocycles. The molecule has 1 aromatic carbocycles. The minimum absolute atomic E-state index is 0.158. The fourth-order valence-corrected chi connectivity index (χ4v) is 2.51. The van der Waals surface area contributed by atoms with E-state index in [9.17, 15) is 19.5 Å². The molecule has 0 spiro atoms. The van der Waals surface area contributed by atoms with E-state index in [2.05, 4.69) is 5.32 Å². The molecular weight excluding hydrogens is 262 g/mol. The quantitative estimate of drug-likeness (QED) is 0.794. The number of carbonyl (C=O) groups excluding carboxylic acids is 3. The van der Waals surface area contributed by atoms with E-state index in [1.807, 2.05) is 0 Å². The van der Waals surface area contributed by atoms with E-state index in [1.54, 1.807) is 18.2 Å². The van der Waals surface area contributed by atoms with Crippen molar-refractivity contribution in [2.75, 3.05) is 6.54 Å². The normalized spacial score (nSPS) is 18.4. The zero-order valence-electron chi connectivity index (χ0n) is 10.6. The maximum atomic E-state index is 12.3. The van der Waals surface area contributed by atoms with Crippen LogP contribution in [-0.4, -0.2) is 39.5 Å². The summed E-state index contributed by atoms with van der Waals surface area (Å²) >= 11 is 0. The van der Waals surface area contributed by atoms with Gasteiger partial charge in [0.05, 0.1) is 19.7 Å². The molecule has 2 heterocycles. The molecule has 0 bridgehead atoms. The summed E-state index contributed by atoms with van der Waals surface area (Å²) in [5, 5.41) is 14.0. The van der Waals surface area contributed by atoms with E-state index in [0.29, 0.717) is 11.1 Å². The number of carbonyl (C=O) groups is 3. The SMILES string of the molecule is O=C1CCN(N2Cc3c(CO)cccc3C2=O)C(=O)N1. The fourth-order valence-electron chi connectivity index (χ4n) is 2.51. The Morgan fingerprint density at radius 2 is 2.00 bits per heavy atom. The van der Waals surface area contributed by atoms with Crippen LogP contribution < -0.4 is 5.32 Å². The van der Waals surface area contributed by atoms with Gasteiger partial charge in [-0.2, -0.15) is 0 Å². The number of hydrogen-bond acceptors (Lipinski definition) is 4. The number of nitrogens with zero attached hydrogens (tertiary/aromatic N) is 2. The van der Waals surface area contributed by atoms with Gasteiger partial charge < -0.3 is 5.11 Å². The third kappa shape index (κ3) is 1.83. The molecule has 7 nitrogen and oxygen atoms in total. The number of amides is 4. The summed E-state index contributed by atoms with van der Waals surface area (Å²) in [5.74, 6) is -0.633. The smallest absolute Gasteiger partial charge is 0.342 e.